The van der Waals surface area contributed by atoms with Crippen LogP contribution in [0.1, 0.15) is 16.7 Å². The van der Waals surface area contributed by atoms with E-state index in [9.17, 15) is 14.9 Å². The van der Waals surface area contributed by atoms with Crippen molar-refractivity contribution in [1.82, 2.24) is 4.90 Å². The van der Waals surface area contributed by atoms with Gasteiger partial charge in [-0.25, -0.2) is 0 Å². The van der Waals surface area contributed by atoms with E-state index in [1.54, 1.807) is 23.1 Å². The third-order valence-corrected chi connectivity index (χ3v) is 4.75. The highest BCUT2D eigenvalue weighted by atomic mass is 16.6. The van der Waals surface area contributed by atoms with Gasteiger partial charge < -0.3 is 4.90 Å². The zero-order valence-electron chi connectivity index (χ0n) is 15.6. The van der Waals surface area contributed by atoms with Gasteiger partial charge >= 0.3 is 0 Å². The Kier molecular flexibility index (Phi) is 5.03. The first-order valence-corrected chi connectivity index (χ1v) is 9.21. The van der Waals surface area contributed by atoms with Gasteiger partial charge in [0.2, 0.25) is 0 Å². The summed E-state index contributed by atoms with van der Waals surface area (Å²) in [7, 11) is 0. The van der Waals surface area contributed by atoms with Crippen LogP contribution in [0.25, 0.3) is 11.8 Å². The summed E-state index contributed by atoms with van der Waals surface area (Å²) in [6, 6.07) is 25.8. The maximum atomic E-state index is 13.2. The van der Waals surface area contributed by atoms with Gasteiger partial charge in [0.25, 0.3) is 11.6 Å². The van der Waals surface area contributed by atoms with Crippen molar-refractivity contribution in [2.24, 2.45) is 0 Å². The molecule has 0 unspecified atom stereocenters. The number of carbonyl (C=O) groups is 1. The van der Waals surface area contributed by atoms with E-state index < -0.39 is 4.92 Å². The number of nitrogens with zero attached hydrogens (tertiary/aromatic N) is 2. The molecule has 4 rings (SSSR count). The largest absolute Gasteiger partial charge is 0.303 e. The molecule has 3 aromatic rings. The first kappa shape index (κ1) is 18.4. The van der Waals surface area contributed by atoms with Crippen LogP contribution in [0.4, 0.5) is 5.69 Å². The Bertz CT molecular complexity index is 1100. The maximum absolute atomic E-state index is 13.2. The van der Waals surface area contributed by atoms with Crippen molar-refractivity contribution in [2.45, 2.75) is 6.54 Å². The Morgan fingerprint density at radius 3 is 2.10 bits per heavy atom. The standard InChI is InChI=1S/C24H18N2O3/c27-24-21(15-18-11-13-22(14-12-18)26(28)29)16-23(20-9-5-2-6-10-20)25(24)17-19-7-3-1-4-8-19/h1-16H,17H2/b21-15+. The molecule has 0 saturated heterocycles. The molecule has 0 aromatic heterocycles. The van der Waals surface area contributed by atoms with Gasteiger partial charge in [-0.2, -0.15) is 0 Å². The Balaban J connectivity index is 1.70. The van der Waals surface area contributed by atoms with Crippen LogP contribution in [0.5, 0.6) is 0 Å². The second-order valence-corrected chi connectivity index (χ2v) is 6.72. The van der Waals surface area contributed by atoms with Crippen LogP contribution in [0, 0.1) is 10.1 Å². The van der Waals surface area contributed by atoms with Crippen LogP contribution >= 0.6 is 0 Å². The summed E-state index contributed by atoms with van der Waals surface area (Å²) in [5, 5.41) is 10.8. The zero-order valence-corrected chi connectivity index (χ0v) is 15.6. The topological polar surface area (TPSA) is 63.4 Å². The fourth-order valence-corrected chi connectivity index (χ4v) is 3.30. The molecule has 0 aliphatic carbocycles. The molecule has 1 heterocycles. The van der Waals surface area contributed by atoms with Gasteiger partial charge in [-0.05, 0) is 41.0 Å². The van der Waals surface area contributed by atoms with Gasteiger partial charge in [0, 0.05) is 17.7 Å². The maximum Gasteiger partial charge on any atom is 0.269 e. The van der Waals surface area contributed by atoms with Crippen LogP contribution < -0.4 is 0 Å². The highest BCUT2D eigenvalue weighted by Crippen LogP contribution is 2.32. The predicted molar refractivity (Wildman–Crippen MR) is 112 cm³/mol. The van der Waals surface area contributed by atoms with E-state index in [2.05, 4.69) is 0 Å². The third-order valence-electron chi connectivity index (χ3n) is 4.75. The molecule has 5 nitrogen and oxygen atoms in total. The number of amides is 1. The number of hydrogen-bond donors (Lipinski definition) is 0. The van der Waals surface area contributed by atoms with E-state index in [0.717, 1.165) is 22.4 Å². The van der Waals surface area contributed by atoms with Crippen molar-refractivity contribution in [1.29, 1.82) is 0 Å². The summed E-state index contributed by atoms with van der Waals surface area (Å²) >= 11 is 0. The monoisotopic (exact) mass is 382 g/mol. The molecule has 1 aliphatic heterocycles. The number of hydrogen-bond acceptors (Lipinski definition) is 3. The first-order chi connectivity index (χ1) is 14.1. The summed E-state index contributed by atoms with van der Waals surface area (Å²) in [5.74, 6) is -0.0916. The van der Waals surface area contributed by atoms with Gasteiger partial charge in [0.05, 0.1) is 17.2 Å². The predicted octanol–water partition coefficient (Wildman–Crippen LogP) is 5.06. The van der Waals surface area contributed by atoms with Gasteiger partial charge in [0.1, 0.15) is 0 Å². The van der Waals surface area contributed by atoms with Crippen molar-refractivity contribution in [3.8, 4) is 0 Å². The van der Waals surface area contributed by atoms with Crippen LogP contribution in [0.15, 0.2) is 96.6 Å². The summed E-state index contributed by atoms with van der Waals surface area (Å²) in [6.45, 7) is 0.470. The van der Waals surface area contributed by atoms with E-state index >= 15 is 0 Å². The minimum atomic E-state index is -0.438. The smallest absolute Gasteiger partial charge is 0.269 e. The van der Waals surface area contributed by atoms with Crippen LogP contribution in [0.2, 0.25) is 0 Å². The van der Waals surface area contributed by atoms with Gasteiger partial charge in [-0.1, -0.05) is 60.7 Å². The van der Waals surface area contributed by atoms with E-state index in [4.69, 9.17) is 0 Å². The van der Waals surface area contributed by atoms with Crippen molar-refractivity contribution in [3.63, 3.8) is 0 Å². The fourth-order valence-electron chi connectivity index (χ4n) is 3.30. The van der Waals surface area contributed by atoms with Crippen molar-refractivity contribution in [2.75, 3.05) is 0 Å². The Labute approximate surface area is 168 Å². The number of nitro groups is 1. The molecule has 0 bridgehead atoms. The Morgan fingerprint density at radius 2 is 1.48 bits per heavy atom. The molecule has 3 aromatic carbocycles. The van der Waals surface area contributed by atoms with Gasteiger partial charge in [0.15, 0.2) is 0 Å². The van der Waals surface area contributed by atoms with Crippen LogP contribution in [0.3, 0.4) is 0 Å². The lowest BCUT2D eigenvalue weighted by Gasteiger charge is -2.20. The molecule has 5 heteroatoms. The van der Waals surface area contributed by atoms with Crippen molar-refractivity contribution >= 4 is 23.4 Å². The second-order valence-electron chi connectivity index (χ2n) is 6.72. The highest BCUT2D eigenvalue weighted by Gasteiger charge is 2.29. The third kappa shape index (κ3) is 3.99. The minimum absolute atomic E-state index is 0.0242. The first-order valence-electron chi connectivity index (χ1n) is 9.21. The molecule has 142 valence electrons. The van der Waals surface area contributed by atoms with E-state index in [0.29, 0.717) is 12.1 Å². The van der Waals surface area contributed by atoms with Gasteiger partial charge in [-0.3, -0.25) is 14.9 Å². The van der Waals surface area contributed by atoms with Crippen molar-refractivity contribution < 1.29 is 9.72 Å². The molecule has 0 N–H and O–H groups in total. The van der Waals surface area contributed by atoms with Crippen molar-refractivity contribution in [3.05, 3.63) is 123 Å². The molecule has 0 atom stereocenters. The normalized spacial score (nSPS) is 14.9. The lowest BCUT2D eigenvalue weighted by Crippen LogP contribution is -2.25. The molecular formula is C24H18N2O3. The second kappa shape index (κ2) is 7.94. The average molecular weight is 382 g/mol. The SMILES string of the molecule is O=C1/C(=C/c2ccc([N+](=O)[O-])cc2)C=C(c2ccccc2)N1Cc1ccccc1. The molecule has 29 heavy (non-hydrogen) atoms. The average Bonchev–Trinajstić information content (AvgIpc) is 3.05. The Hall–Kier alpha value is -3.99. The number of rotatable bonds is 5. The zero-order chi connectivity index (χ0) is 20.2. The number of non-ortho nitro benzene ring substituents is 1. The molecule has 0 radical (unpaired) electrons. The lowest BCUT2D eigenvalue weighted by atomic mass is 10.1. The van der Waals surface area contributed by atoms with Gasteiger partial charge in [-0.15, -0.1) is 0 Å². The fraction of sp³-hybridized carbons (Fsp3) is 0.0417. The molecule has 0 spiro atoms. The molecular weight excluding hydrogens is 364 g/mol. The summed E-state index contributed by atoms with van der Waals surface area (Å²) in [4.78, 5) is 25.3. The highest BCUT2D eigenvalue weighted by molar-refractivity contribution is 6.10. The molecule has 1 aliphatic rings. The number of benzene rings is 3. The van der Waals surface area contributed by atoms with E-state index in [1.807, 2.05) is 66.7 Å². The molecule has 0 fully saturated rings. The van der Waals surface area contributed by atoms with Crippen LogP contribution in [-0.2, 0) is 11.3 Å². The minimum Gasteiger partial charge on any atom is -0.303 e. The quantitative estimate of drug-likeness (QED) is 0.352. The number of carbonyl (C=O) groups excluding carboxylic acids is 1. The molecule has 0 saturated carbocycles. The summed E-state index contributed by atoms with van der Waals surface area (Å²) < 4.78 is 0. The van der Waals surface area contributed by atoms with Crippen LogP contribution in [-0.4, -0.2) is 15.7 Å². The summed E-state index contributed by atoms with van der Waals surface area (Å²) in [5.41, 5.74) is 4.16. The Morgan fingerprint density at radius 1 is 0.862 bits per heavy atom. The lowest BCUT2D eigenvalue weighted by molar-refractivity contribution is -0.384. The van der Waals surface area contributed by atoms with E-state index in [-0.39, 0.29) is 11.6 Å². The molecule has 1 amide bonds. The van der Waals surface area contributed by atoms with E-state index in [1.165, 1.54) is 12.1 Å². The number of nitro benzene ring substituents is 1. The summed E-state index contributed by atoms with van der Waals surface area (Å²) in [6.07, 6.45) is 3.64.